The standard InChI is InChI=1S/C12H17N5O2/c1-19-5-4-14-12-15-10(11(18)16-12)9-6-13-7-17(9)8-2-3-8/h6-8,10H,2-5H2,1H3,(H2,14,15,16,18). The lowest BCUT2D eigenvalue weighted by Crippen LogP contribution is -2.26. The number of guanidine groups is 1. The number of nitrogens with zero attached hydrogens (tertiary/aromatic N) is 3. The summed E-state index contributed by atoms with van der Waals surface area (Å²) >= 11 is 0. The van der Waals surface area contributed by atoms with Crippen LogP contribution in [0.5, 0.6) is 0 Å². The van der Waals surface area contributed by atoms with Crippen LogP contribution in [0, 0.1) is 0 Å². The smallest absolute Gasteiger partial charge is 0.255 e. The molecule has 0 bridgehead atoms. The number of methoxy groups -OCH3 is 1. The molecule has 1 aliphatic carbocycles. The molecule has 102 valence electrons. The monoisotopic (exact) mass is 263 g/mol. The normalized spacial score (nSPS) is 24.6. The van der Waals surface area contributed by atoms with E-state index in [1.54, 1.807) is 19.6 Å². The number of hydrogen-bond acceptors (Lipinski definition) is 4. The molecule has 2 N–H and O–H groups in total. The summed E-state index contributed by atoms with van der Waals surface area (Å²) in [4.78, 5) is 20.4. The van der Waals surface area contributed by atoms with Gasteiger partial charge in [-0.25, -0.2) is 4.98 Å². The van der Waals surface area contributed by atoms with Crippen molar-refractivity contribution in [2.75, 3.05) is 20.3 Å². The lowest BCUT2D eigenvalue weighted by Gasteiger charge is -2.11. The molecule has 7 nitrogen and oxygen atoms in total. The Morgan fingerprint density at radius 3 is 3.16 bits per heavy atom. The van der Waals surface area contributed by atoms with Crippen LogP contribution >= 0.6 is 0 Å². The number of rotatable bonds is 5. The van der Waals surface area contributed by atoms with Crippen LogP contribution in [0.4, 0.5) is 0 Å². The van der Waals surface area contributed by atoms with Crippen molar-refractivity contribution < 1.29 is 9.53 Å². The molecule has 1 saturated carbocycles. The SMILES string of the molecule is COCCN=C1NC(=O)C(c2cncn2C2CC2)N1. The maximum absolute atomic E-state index is 12.0. The van der Waals surface area contributed by atoms with Gasteiger partial charge in [0.05, 0.1) is 31.4 Å². The minimum absolute atomic E-state index is 0.0847. The molecule has 19 heavy (non-hydrogen) atoms. The third-order valence-electron chi connectivity index (χ3n) is 3.28. The number of aliphatic imine (C=N–C) groups is 1. The highest BCUT2D eigenvalue weighted by Gasteiger charge is 2.35. The molecule has 0 radical (unpaired) electrons. The van der Waals surface area contributed by atoms with Crippen LogP contribution < -0.4 is 10.6 Å². The van der Waals surface area contributed by atoms with Crippen LogP contribution in [-0.2, 0) is 9.53 Å². The Bertz CT molecular complexity index is 506. The van der Waals surface area contributed by atoms with Crippen LogP contribution in [0.3, 0.4) is 0 Å². The second kappa shape index (κ2) is 5.00. The fourth-order valence-electron chi connectivity index (χ4n) is 2.17. The van der Waals surface area contributed by atoms with Gasteiger partial charge < -0.3 is 14.6 Å². The average molecular weight is 263 g/mol. The van der Waals surface area contributed by atoms with Gasteiger partial charge in [0.15, 0.2) is 12.0 Å². The second-order valence-corrected chi connectivity index (χ2v) is 4.75. The van der Waals surface area contributed by atoms with E-state index >= 15 is 0 Å². The summed E-state index contributed by atoms with van der Waals surface area (Å²) in [7, 11) is 1.62. The number of amides is 1. The lowest BCUT2D eigenvalue weighted by atomic mass is 10.2. The summed E-state index contributed by atoms with van der Waals surface area (Å²) in [5, 5.41) is 5.84. The Balaban J connectivity index is 1.73. The Morgan fingerprint density at radius 1 is 1.58 bits per heavy atom. The molecule has 0 spiro atoms. The summed E-state index contributed by atoms with van der Waals surface area (Å²) in [5.41, 5.74) is 0.900. The minimum Gasteiger partial charge on any atom is -0.383 e. The van der Waals surface area contributed by atoms with E-state index in [-0.39, 0.29) is 5.91 Å². The third-order valence-corrected chi connectivity index (χ3v) is 3.28. The first-order valence-corrected chi connectivity index (χ1v) is 6.42. The summed E-state index contributed by atoms with van der Waals surface area (Å²) < 4.78 is 7.00. The van der Waals surface area contributed by atoms with Crippen molar-refractivity contribution in [2.24, 2.45) is 4.99 Å². The summed E-state index contributed by atoms with van der Waals surface area (Å²) in [5.74, 6) is 0.425. The largest absolute Gasteiger partial charge is 0.383 e. The fraction of sp³-hybridized carbons (Fsp3) is 0.583. The predicted octanol–water partition coefficient (Wildman–Crippen LogP) is -0.0191. The fourth-order valence-corrected chi connectivity index (χ4v) is 2.17. The first-order chi connectivity index (χ1) is 9.29. The molecule has 1 aromatic heterocycles. The molecule has 1 amide bonds. The molecular formula is C12H17N5O2. The Hall–Kier alpha value is -1.89. The van der Waals surface area contributed by atoms with Gasteiger partial charge in [-0.2, -0.15) is 0 Å². The highest BCUT2D eigenvalue weighted by molar-refractivity contribution is 6.06. The van der Waals surface area contributed by atoms with Crippen LogP contribution in [0.1, 0.15) is 30.6 Å². The minimum atomic E-state index is -0.399. The van der Waals surface area contributed by atoms with Gasteiger partial charge in [0.1, 0.15) is 0 Å². The van der Waals surface area contributed by atoms with E-state index in [9.17, 15) is 4.79 Å². The van der Waals surface area contributed by atoms with Crippen molar-refractivity contribution in [3.8, 4) is 0 Å². The molecular weight excluding hydrogens is 246 g/mol. The van der Waals surface area contributed by atoms with E-state index < -0.39 is 6.04 Å². The maximum atomic E-state index is 12.0. The Labute approximate surface area is 111 Å². The van der Waals surface area contributed by atoms with E-state index in [4.69, 9.17) is 4.74 Å². The van der Waals surface area contributed by atoms with Crippen LogP contribution in [-0.4, -0.2) is 41.7 Å². The molecule has 2 fully saturated rings. The van der Waals surface area contributed by atoms with Gasteiger partial charge in [-0.05, 0) is 12.8 Å². The zero-order valence-electron chi connectivity index (χ0n) is 10.8. The van der Waals surface area contributed by atoms with Gasteiger partial charge in [-0.3, -0.25) is 15.1 Å². The molecule has 2 heterocycles. The zero-order chi connectivity index (χ0) is 13.2. The van der Waals surface area contributed by atoms with E-state index in [1.807, 2.05) is 0 Å². The van der Waals surface area contributed by atoms with Gasteiger partial charge in [0.25, 0.3) is 5.91 Å². The number of hydrogen-bond donors (Lipinski definition) is 2. The Kier molecular flexibility index (Phi) is 3.20. The number of ether oxygens (including phenoxy) is 1. The van der Waals surface area contributed by atoms with E-state index in [1.165, 1.54) is 0 Å². The lowest BCUT2D eigenvalue weighted by molar-refractivity contribution is -0.120. The molecule has 1 saturated heterocycles. The topological polar surface area (TPSA) is 80.5 Å². The van der Waals surface area contributed by atoms with E-state index in [0.717, 1.165) is 18.5 Å². The molecule has 7 heteroatoms. The zero-order valence-corrected chi connectivity index (χ0v) is 10.8. The summed E-state index contributed by atoms with van der Waals surface area (Å²) in [6.07, 6.45) is 5.86. The van der Waals surface area contributed by atoms with Gasteiger partial charge in [-0.1, -0.05) is 0 Å². The molecule has 3 rings (SSSR count). The molecule has 0 aromatic carbocycles. The van der Waals surface area contributed by atoms with Crippen molar-refractivity contribution in [1.29, 1.82) is 0 Å². The molecule has 2 aliphatic rings. The number of aromatic nitrogens is 2. The van der Waals surface area contributed by atoms with E-state index in [0.29, 0.717) is 25.2 Å². The highest BCUT2D eigenvalue weighted by atomic mass is 16.5. The van der Waals surface area contributed by atoms with Crippen LogP contribution in [0.15, 0.2) is 17.5 Å². The van der Waals surface area contributed by atoms with Crippen molar-refractivity contribution in [3.05, 3.63) is 18.2 Å². The third kappa shape index (κ3) is 2.46. The first-order valence-electron chi connectivity index (χ1n) is 6.42. The molecule has 1 aromatic rings. The van der Waals surface area contributed by atoms with Gasteiger partial charge in [0, 0.05) is 13.2 Å². The van der Waals surface area contributed by atoms with Crippen molar-refractivity contribution in [2.45, 2.75) is 24.9 Å². The van der Waals surface area contributed by atoms with Gasteiger partial charge >= 0.3 is 0 Å². The average Bonchev–Trinajstić information content (AvgIpc) is 3.01. The van der Waals surface area contributed by atoms with E-state index in [2.05, 4.69) is 25.2 Å². The van der Waals surface area contributed by atoms with Crippen molar-refractivity contribution in [1.82, 2.24) is 20.2 Å². The van der Waals surface area contributed by atoms with Gasteiger partial charge in [0.2, 0.25) is 0 Å². The maximum Gasteiger partial charge on any atom is 0.255 e. The predicted molar refractivity (Wildman–Crippen MR) is 68.7 cm³/mol. The van der Waals surface area contributed by atoms with Crippen LogP contribution in [0.2, 0.25) is 0 Å². The summed E-state index contributed by atoms with van der Waals surface area (Å²) in [6.45, 7) is 1.06. The molecule has 1 unspecified atom stereocenters. The van der Waals surface area contributed by atoms with Crippen LogP contribution in [0.25, 0.3) is 0 Å². The number of carbonyl (C=O) groups excluding carboxylic acids is 1. The first kappa shape index (κ1) is 12.2. The number of nitrogens with one attached hydrogen (secondary N) is 2. The molecule has 1 aliphatic heterocycles. The summed E-state index contributed by atoms with van der Waals surface area (Å²) in [6, 6.07) is 0.103. The number of imidazole rings is 1. The quantitative estimate of drug-likeness (QED) is 0.732. The number of carbonyl (C=O) groups is 1. The Morgan fingerprint density at radius 2 is 2.42 bits per heavy atom. The highest BCUT2D eigenvalue weighted by Crippen LogP contribution is 2.37. The van der Waals surface area contributed by atoms with Gasteiger partial charge in [-0.15, -0.1) is 0 Å². The molecule has 1 atom stereocenters. The van der Waals surface area contributed by atoms with Crippen molar-refractivity contribution in [3.63, 3.8) is 0 Å². The van der Waals surface area contributed by atoms with Crippen molar-refractivity contribution >= 4 is 11.9 Å². The second-order valence-electron chi connectivity index (χ2n) is 4.75.